The van der Waals surface area contributed by atoms with Crippen LogP contribution in [0.25, 0.3) is 0 Å². The molecule has 2 aromatic rings. The minimum Gasteiger partial charge on any atom is -0.204 e. The van der Waals surface area contributed by atoms with Gasteiger partial charge in [-0.25, -0.2) is 30.7 Å². The summed E-state index contributed by atoms with van der Waals surface area (Å²) in [7, 11) is 0. The monoisotopic (exact) mass is 520 g/mol. The van der Waals surface area contributed by atoms with E-state index in [2.05, 4.69) is 0 Å². The summed E-state index contributed by atoms with van der Waals surface area (Å²) in [5, 5.41) is -4.72. The fraction of sp³-hybridized carbons (Fsp3) is 0.143. The van der Waals surface area contributed by atoms with Crippen molar-refractivity contribution in [1.29, 1.82) is 0 Å². The second-order valence-electron chi connectivity index (χ2n) is 4.89. The van der Waals surface area contributed by atoms with Crippen LogP contribution in [0, 0.1) is 40.7 Å². The first-order chi connectivity index (χ1) is 13.4. The maximum atomic E-state index is 12.8. The first kappa shape index (κ1) is 26.4. The van der Waals surface area contributed by atoms with Gasteiger partial charge in [-0.1, -0.05) is 34.8 Å². The van der Waals surface area contributed by atoms with Gasteiger partial charge in [-0.05, 0) is 0 Å². The molecule has 0 N–H and O–H groups in total. The normalized spacial score (nSPS) is 12.0. The third-order valence-electron chi connectivity index (χ3n) is 2.99. The standard InChI is InChI=1S/C7Cl2F6.C7ClF7/c8-2-4(10)1(7(13,14)15)5(11)3(9)6(2)12;8-2-3(9)1(7(13,14)15)4(10)6(12)5(2)11. The highest BCUT2D eigenvalue weighted by atomic mass is 35.5. The summed E-state index contributed by atoms with van der Waals surface area (Å²) in [6.07, 6.45) is -10.8. The van der Waals surface area contributed by atoms with E-state index in [0.29, 0.717) is 0 Å². The van der Waals surface area contributed by atoms with Crippen molar-refractivity contribution >= 4 is 34.8 Å². The smallest absolute Gasteiger partial charge is 0.204 e. The van der Waals surface area contributed by atoms with Gasteiger partial charge in [0.1, 0.15) is 26.2 Å². The summed E-state index contributed by atoms with van der Waals surface area (Å²) in [6.45, 7) is 0. The van der Waals surface area contributed by atoms with Crippen molar-refractivity contribution in [3.8, 4) is 0 Å². The van der Waals surface area contributed by atoms with Gasteiger partial charge < -0.3 is 0 Å². The molecule has 0 spiro atoms. The van der Waals surface area contributed by atoms with Crippen molar-refractivity contribution < 1.29 is 57.1 Å². The molecule has 2 aromatic carbocycles. The number of rotatable bonds is 0. The minimum atomic E-state index is -5.49. The molecular formula is C14Cl3F13. The van der Waals surface area contributed by atoms with Crippen LogP contribution in [0.5, 0.6) is 0 Å². The molecule has 0 bridgehead atoms. The maximum absolute atomic E-state index is 12.8. The lowest BCUT2D eigenvalue weighted by molar-refractivity contribution is -0.143. The molecule has 2 rings (SSSR count). The van der Waals surface area contributed by atoms with Gasteiger partial charge in [0.05, 0.1) is 0 Å². The molecule has 0 unspecified atom stereocenters. The van der Waals surface area contributed by atoms with Gasteiger partial charge in [-0.15, -0.1) is 0 Å². The SMILES string of the molecule is Fc1c(Cl)c(F)c(C(F)(F)F)c(F)c1Cl.Fc1c(F)c(Cl)c(F)c(C(F)(F)F)c1F. The van der Waals surface area contributed by atoms with Crippen LogP contribution in [0.1, 0.15) is 11.1 Å². The quantitative estimate of drug-likeness (QED) is 0.186. The third kappa shape index (κ3) is 4.99. The Bertz CT molecular complexity index is 841. The molecule has 0 saturated heterocycles. The molecule has 0 radical (unpaired) electrons. The van der Waals surface area contributed by atoms with E-state index in [1.165, 1.54) is 0 Å². The summed E-state index contributed by atoms with van der Waals surface area (Å²) in [5.41, 5.74) is -4.86. The predicted molar refractivity (Wildman–Crippen MR) is 77.6 cm³/mol. The molecule has 168 valence electrons. The van der Waals surface area contributed by atoms with Crippen LogP contribution in [0.15, 0.2) is 0 Å². The Hall–Kier alpha value is -1.60. The van der Waals surface area contributed by atoms with E-state index in [1.54, 1.807) is 0 Å². The van der Waals surface area contributed by atoms with Gasteiger partial charge in [-0.3, -0.25) is 0 Å². The van der Waals surface area contributed by atoms with Gasteiger partial charge in [-0.2, -0.15) is 26.3 Å². The van der Waals surface area contributed by atoms with Crippen LogP contribution in [0.3, 0.4) is 0 Å². The summed E-state index contributed by atoms with van der Waals surface area (Å²) in [6, 6.07) is 0. The Morgan fingerprint density at radius 2 is 0.633 bits per heavy atom. The average Bonchev–Trinajstić information content (AvgIpc) is 2.60. The first-order valence-electron chi connectivity index (χ1n) is 6.52. The fourth-order valence-electron chi connectivity index (χ4n) is 1.71. The summed E-state index contributed by atoms with van der Waals surface area (Å²) in [4.78, 5) is 0. The lowest BCUT2D eigenvalue weighted by atomic mass is 10.1. The average molecular weight is 521 g/mol. The lowest BCUT2D eigenvalue weighted by Crippen LogP contribution is -2.14. The molecule has 0 nitrogen and oxygen atoms in total. The molecule has 0 aliphatic rings. The zero-order valence-corrected chi connectivity index (χ0v) is 15.3. The van der Waals surface area contributed by atoms with E-state index in [9.17, 15) is 57.1 Å². The summed E-state index contributed by atoms with van der Waals surface area (Å²) >= 11 is 14.4. The summed E-state index contributed by atoms with van der Waals surface area (Å²) in [5.74, 6) is -15.9. The van der Waals surface area contributed by atoms with Crippen LogP contribution in [0.4, 0.5) is 57.1 Å². The van der Waals surface area contributed by atoms with Gasteiger partial charge in [0, 0.05) is 0 Å². The third-order valence-corrected chi connectivity index (χ3v) is 3.98. The molecule has 0 amide bonds. The second-order valence-corrected chi connectivity index (χ2v) is 6.02. The number of alkyl halides is 6. The lowest BCUT2D eigenvalue weighted by Gasteiger charge is -2.11. The van der Waals surface area contributed by atoms with Crippen LogP contribution in [-0.2, 0) is 12.4 Å². The van der Waals surface area contributed by atoms with Crippen LogP contribution < -0.4 is 0 Å². The first-order valence-corrected chi connectivity index (χ1v) is 7.66. The van der Waals surface area contributed by atoms with Gasteiger partial charge in [0.2, 0.25) is 0 Å². The Morgan fingerprint density at radius 1 is 0.367 bits per heavy atom. The van der Waals surface area contributed by atoms with Crippen molar-refractivity contribution in [2.24, 2.45) is 0 Å². The van der Waals surface area contributed by atoms with Crippen molar-refractivity contribution in [3.63, 3.8) is 0 Å². The molecule has 0 aliphatic carbocycles. The minimum absolute atomic E-state index is 1.49. The topological polar surface area (TPSA) is 0 Å². The van der Waals surface area contributed by atoms with Gasteiger partial charge in [0.15, 0.2) is 40.7 Å². The molecule has 0 saturated carbocycles. The highest BCUT2D eigenvalue weighted by molar-refractivity contribution is 6.35. The van der Waals surface area contributed by atoms with Crippen molar-refractivity contribution in [3.05, 3.63) is 66.9 Å². The predicted octanol–water partition coefficient (Wildman–Crippen LogP) is 8.34. The maximum Gasteiger partial charge on any atom is 0.422 e. The van der Waals surface area contributed by atoms with E-state index in [-0.39, 0.29) is 0 Å². The van der Waals surface area contributed by atoms with Crippen molar-refractivity contribution in [2.45, 2.75) is 12.4 Å². The zero-order valence-electron chi connectivity index (χ0n) is 13.0. The van der Waals surface area contributed by atoms with Gasteiger partial charge >= 0.3 is 12.4 Å². The Morgan fingerprint density at radius 3 is 0.933 bits per heavy atom. The van der Waals surface area contributed by atoms with E-state index >= 15 is 0 Å². The fourth-order valence-corrected chi connectivity index (χ4v) is 2.31. The van der Waals surface area contributed by atoms with E-state index < -0.39 is 79.3 Å². The van der Waals surface area contributed by atoms with E-state index in [4.69, 9.17) is 34.8 Å². The molecule has 0 fully saturated rings. The number of halogens is 16. The largest absolute Gasteiger partial charge is 0.422 e. The Kier molecular flexibility index (Phi) is 7.82. The van der Waals surface area contributed by atoms with E-state index in [1.807, 2.05) is 0 Å². The Labute approximate surface area is 171 Å². The number of hydrogen-bond donors (Lipinski definition) is 0. The van der Waals surface area contributed by atoms with E-state index in [0.717, 1.165) is 0 Å². The molecule has 0 aromatic heterocycles. The van der Waals surface area contributed by atoms with Crippen LogP contribution in [-0.4, -0.2) is 0 Å². The van der Waals surface area contributed by atoms with Crippen molar-refractivity contribution in [1.82, 2.24) is 0 Å². The zero-order chi connectivity index (χ0) is 23.9. The molecule has 30 heavy (non-hydrogen) atoms. The molecule has 0 atom stereocenters. The molecule has 0 aliphatic heterocycles. The van der Waals surface area contributed by atoms with Crippen LogP contribution >= 0.6 is 34.8 Å². The second kappa shape index (κ2) is 8.87. The molecular weight excluding hydrogens is 521 g/mol. The highest BCUT2D eigenvalue weighted by Gasteiger charge is 2.42. The number of benzene rings is 2. The van der Waals surface area contributed by atoms with Gasteiger partial charge in [0.25, 0.3) is 0 Å². The van der Waals surface area contributed by atoms with Crippen LogP contribution in [0.2, 0.25) is 15.1 Å². The molecule has 16 heteroatoms. The molecule has 0 heterocycles. The van der Waals surface area contributed by atoms with Crippen molar-refractivity contribution in [2.75, 3.05) is 0 Å². The Balaban J connectivity index is 0.000000300. The number of hydrogen-bond acceptors (Lipinski definition) is 0. The summed E-state index contributed by atoms with van der Waals surface area (Å²) < 4.78 is 161. The highest BCUT2D eigenvalue weighted by Crippen LogP contribution is 2.41.